The van der Waals surface area contributed by atoms with E-state index >= 15 is 0 Å². The molecule has 0 spiro atoms. The van der Waals surface area contributed by atoms with Crippen molar-refractivity contribution in [3.8, 4) is 0 Å². The van der Waals surface area contributed by atoms with Crippen molar-refractivity contribution in [3.05, 3.63) is 71.1 Å². The first-order chi connectivity index (χ1) is 12.0. The van der Waals surface area contributed by atoms with Gasteiger partial charge in [0.05, 0.1) is 5.92 Å². The molecule has 4 heteroatoms. The summed E-state index contributed by atoms with van der Waals surface area (Å²) in [6.45, 7) is 8.60. The van der Waals surface area contributed by atoms with Crippen molar-refractivity contribution in [2.75, 3.05) is 5.32 Å². The molecule has 25 heavy (non-hydrogen) atoms. The van der Waals surface area contributed by atoms with Gasteiger partial charge in [0.1, 0.15) is 0 Å². The largest absolute Gasteiger partial charge is 0.337 e. The molecule has 4 nitrogen and oxygen atoms in total. The van der Waals surface area contributed by atoms with Crippen LogP contribution in [0.3, 0.4) is 0 Å². The van der Waals surface area contributed by atoms with Crippen LogP contribution in [0.1, 0.15) is 49.3 Å². The number of nitrogens with one attached hydrogen (secondary N) is 1. The second-order valence-corrected chi connectivity index (χ2v) is 6.96. The normalized spacial score (nSPS) is 12.4. The highest BCUT2D eigenvalue weighted by Gasteiger charge is 2.16. The van der Waals surface area contributed by atoms with Crippen LogP contribution in [0.15, 0.2) is 53.1 Å². The van der Waals surface area contributed by atoms with Crippen molar-refractivity contribution in [2.24, 2.45) is 5.92 Å². The predicted octanol–water partition coefficient (Wildman–Crippen LogP) is 5.47. The molecule has 1 unspecified atom stereocenters. The lowest BCUT2D eigenvalue weighted by atomic mass is 9.97. The second kappa shape index (κ2) is 7.51. The van der Waals surface area contributed by atoms with Gasteiger partial charge >= 0.3 is 0 Å². The second-order valence-electron chi connectivity index (χ2n) is 6.96. The summed E-state index contributed by atoms with van der Waals surface area (Å²) in [5.74, 6) is 1.84. The Morgan fingerprint density at radius 3 is 2.40 bits per heavy atom. The van der Waals surface area contributed by atoms with E-state index in [1.165, 1.54) is 11.1 Å². The van der Waals surface area contributed by atoms with Crippen molar-refractivity contribution < 1.29 is 4.52 Å². The molecule has 0 fully saturated rings. The minimum Gasteiger partial charge on any atom is -0.337 e. The van der Waals surface area contributed by atoms with Crippen LogP contribution in [0, 0.1) is 12.8 Å². The molecule has 1 aromatic heterocycles. The Morgan fingerprint density at radius 1 is 1.00 bits per heavy atom. The van der Waals surface area contributed by atoms with Crippen molar-refractivity contribution in [1.82, 2.24) is 10.1 Å². The highest BCUT2D eigenvalue weighted by atomic mass is 16.5. The van der Waals surface area contributed by atoms with Gasteiger partial charge in [0.2, 0.25) is 5.89 Å². The summed E-state index contributed by atoms with van der Waals surface area (Å²) in [4.78, 5) is 4.50. The summed E-state index contributed by atoms with van der Waals surface area (Å²) in [6.07, 6.45) is 1.10. The molecule has 0 aliphatic heterocycles. The Balaban J connectivity index is 1.72. The number of nitrogens with zero attached hydrogens (tertiary/aromatic N) is 2. The molecule has 0 saturated heterocycles. The molecule has 0 bridgehead atoms. The predicted molar refractivity (Wildman–Crippen MR) is 101 cm³/mol. The van der Waals surface area contributed by atoms with E-state index < -0.39 is 0 Å². The lowest BCUT2D eigenvalue weighted by Gasteiger charge is -2.09. The Morgan fingerprint density at radius 2 is 1.72 bits per heavy atom. The SMILES string of the molecule is Cc1ccccc1Nc1noc(C(C)c2ccc(CC(C)C)cc2)n1. The molecule has 3 rings (SSSR count). The van der Waals surface area contributed by atoms with E-state index in [0.29, 0.717) is 17.8 Å². The van der Waals surface area contributed by atoms with Crippen LogP contribution in [-0.4, -0.2) is 10.1 Å². The third-order valence-electron chi connectivity index (χ3n) is 4.33. The average molecular weight is 335 g/mol. The lowest BCUT2D eigenvalue weighted by molar-refractivity contribution is 0.371. The van der Waals surface area contributed by atoms with Crippen molar-refractivity contribution in [2.45, 2.75) is 40.0 Å². The highest BCUT2D eigenvalue weighted by molar-refractivity contribution is 5.57. The van der Waals surface area contributed by atoms with Gasteiger partial charge in [-0.25, -0.2) is 0 Å². The topological polar surface area (TPSA) is 51.0 Å². The number of para-hydroxylation sites is 1. The number of aryl methyl sites for hydroxylation is 1. The van der Waals surface area contributed by atoms with Crippen LogP contribution < -0.4 is 5.32 Å². The first-order valence-corrected chi connectivity index (χ1v) is 8.78. The zero-order chi connectivity index (χ0) is 17.8. The fourth-order valence-corrected chi connectivity index (χ4v) is 2.85. The van der Waals surface area contributed by atoms with Gasteiger partial charge in [0.15, 0.2) is 0 Å². The van der Waals surface area contributed by atoms with Gasteiger partial charge in [0, 0.05) is 5.69 Å². The maximum absolute atomic E-state index is 5.46. The molecule has 0 aliphatic rings. The lowest BCUT2D eigenvalue weighted by Crippen LogP contribution is -1.99. The van der Waals surface area contributed by atoms with Crippen molar-refractivity contribution in [1.29, 1.82) is 0 Å². The van der Waals surface area contributed by atoms with Gasteiger partial charge < -0.3 is 9.84 Å². The minimum absolute atomic E-state index is 0.0630. The van der Waals surface area contributed by atoms with Gasteiger partial charge in [-0.3, -0.25) is 0 Å². The van der Waals surface area contributed by atoms with E-state index in [1.807, 2.05) is 31.2 Å². The molecule has 1 N–H and O–H groups in total. The molecule has 0 radical (unpaired) electrons. The molecule has 0 aliphatic carbocycles. The summed E-state index contributed by atoms with van der Waals surface area (Å²) in [5.41, 5.74) is 4.67. The highest BCUT2D eigenvalue weighted by Crippen LogP contribution is 2.25. The molecule has 2 aromatic carbocycles. The van der Waals surface area contributed by atoms with Gasteiger partial charge in [-0.2, -0.15) is 4.98 Å². The number of anilines is 2. The molecule has 3 aromatic rings. The van der Waals surface area contributed by atoms with E-state index in [2.05, 4.69) is 60.5 Å². The van der Waals surface area contributed by atoms with E-state index in [1.54, 1.807) is 0 Å². The fraction of sp³-hybridized carbons (Fsp3) is 0.333. The van der Waals surface area contributed by atoms with Crippen LogP contribution in [0.5, 0.6) is 0 Å². The van der Waals surface area contributed by atoms with Crippen LogP contribution in [0.2, 0.25) is 0 Å². The Labute approximate surface area is 149 Å². The van der Waals surface area contributed by atoms with E-state index in [-0.39, 0.29) is 5.92 Å². The quantitative estimate of drug-likeness (QED) is 0.649. The maximum Gasteiger partial charge on any atom is 0.267 e. The summed E-state index contributed by atoms with van der Waals surface area (Å²) in [5, 5.41) is 7.27. The van der Waals surface area contributed by atoms with E-state index in [9.17, 15) is 0 Å². The van der Waals surface area contributed by atoms with Gasteiger partial charge in [-0.1, -0.05) is 56.3 Å². The Kier molecular flexibility index (Phi) is 5.17. The van der Waals surface area contributed by atoms with Crippen LogP contribution >= 0.6 is 0 Å². The number of hydrogen-bond donors (Lipinski definition) is 1. The maximum atomic E-state index is 5.46. The van der Waals surface area contributed by atoms with Crippen molar-refractivity contribution in [3.63, 3.8) is 0 Å². The van der Waals surface area contributed by atoms with Crippen LogP contribution in [0.4, 0.5) is 11.6 Å². The summed E-state index contributed by atoms with van der Waals surface area (Å²) in [6, 6.07) is 16.7. The number of benzene rings is 2. The first kappa shape index (κ1) is 17.2. The third-order valence-corrected chi connectivity index (χ3v) is 4.33. The number of aromatic nitrogens is 2. The van der Waals surface area contributed by atoms with Gasteiger partial charge in [-0.15, -0.1) is 0 Å². The zero-order valence-electron chi connectivity index (χ0n) is 15.3. The minimum atomic E-state index is 0.0630. The standard InChI is InChI=1S/C21H25N3O/c1-14(2)13-17-9-11-18(12-10-17)16(4)20-23-21(24-25-20)22-19-8-6-5-7-15(19)3/h5-12,14,16H,13H2,1-4H3,(H,22,24). The third kappa shape index (κ3) is 4.27. The van der Waals surface area contributed by atoms with E-state index in [4.69, 9.17) is 4.52 Å². The summed E-state index contributed by atoms with van der Waals surface area (Å²) in [7, 11) is 0. The van der Waals surface area contributed by atoms with Crippen molar-refractivity contribution >= 4 is 11.6 Å². The molecule has 1 atom stereocenters. The zero-order valence-corrected chi connectivity index (χ0v) is 15.3. The van der Waals surface area contributed by atoms with Gasteiger partial charge in [-0.05, 0) is 54.1 Å². The number of rotatable bonds is 6. The summed E-state index contributed by atoms with van der Waals surface area (Å²) < 4.78 is 5.46. The van der Waals surface area contributed by atoms with Crippen LogP contribution in [-0.2, 0) is 6.42 Å². The molecule has 1 heterocycles. The van der Waals surface area contributed by atoms with Crippen LogP contribution in [0.25, 0.3) is 0 Å². The van der Waals surface area contributed by atoms with E-state index in [0.717, 1.165) is 17.7 Å². The smallest absolute Gasteiger partial charge is 0.267 e. The Hall–Kier alpha value is -2.62. The molecule has 0 saturated carbocycles. The average Bonchev–Trinajstić information content (AvgIpc) is 3.05. The number of hydrogen-bond acceptors (Lipinski definition) is 4. The first-order valence-electron chi connectivity index (χ1n) is 8.78. The summed E-state index contributed by atoms with van der Waals surface area (Å²) >= 11 is 0. The monoisotopic (exact) mass is 335 g/mol. The molecule has 0 amide bonds. The molecule has 130 valence electrons. The Bertz CT molecular complexity index is 821. The molecular weight excluding hydrogens is 310 g/mol. The molecular formula is C21H25N3O. The van der Waals surface area contributed by atoms with Gasteiger partial charge in [0.25, 0.3) is 5.95 Å². The fourth-order valence-electron chi connectivity index (χ4n) is 2.85.